The van der Waals surface area contributed by atoms with Gasteiger partial charge in [0.2, 0.25) is 0 Å². The minimum Gasteiger partial charge on any atom is -0.481 e. The zero-order valence-corrected chi connectivity index (χ0v) is 14.7. The molecule has 1 atom stereocenters. The molecule has 0 aliphatic carbocycles. The molecule has 0 fully saturated rings. The predicted molar refractivity (Wildman–Crippen MR) is 96.9 cm³/mol. The Morgan fingerprint density at radius 1 is 0.889 bits per heavy atom. The number of amides is 1. The molecule has 0 saturated carbocycles. The van der Waals surface area contributed by atoms with E-state index in [0.717, 1.165) is 16.0 Å². The number of carboxylic acid groups (broad SMARTS) is 2. The third-order valence-corrected chi connectivity index (χ3v) is 3.93. The molecular weight excluding hydrogens is 350 g/mol. The van der Waals surface area contributed by atoms with Gasteiger partial charge in [-0.05, 0) is 17.5 Å². The number of hydrogen-bond donors (Lipinski definition) is 2. The average Bonchev–Trinajstić information content (AvgIpc) is 2.66. The van der Waals surface area contributed by atoms with Crippen molar-refractivity contribution in [1.82, 2.24) is 4.90 Å². The molecule has 0 aliphatic rings. The first-order valence-electron chi connectivity index (χ1n) is 8.43. The molecular formula is C20H21NO6. The van der Waals surface area contributed by atoms with Gasteiger partial charge in [-0.2, -0.15) is 0 Å². The van der Waals surface area contributed by atoms with Crippen LogP contribution in [0.3, 0.4) is 0 Å². The van der Waals surface area contributed by atoms with Crippen LogP contribution in [-0.4, -0.2) is 39.2 Å². The summed E-state index contributed by atoms with van der Waals surface area (Å²) in [5, 5.41) is 18.4. The highest BCUT2D eigenvalue weighted by Crippen LogP contribution is 2.16. The number of ether oxygens (including phenoxy) is 1. The summed E-state index contributed by atoms with van der Waals surface area (Å²) in [5.74, 6) is -2.40. The van der Waals surface area contributed by atoms with Gasteiger partial charge in [-0.15, -0.1) is 0 Å². The van der Waals surface area contributed by atoms with Crippen LogP contribution in [0.4, 0.5) is 4.79 Å². The monoisotopic (exact) mass is 371 g/mol. The van der Waals surface area contributed by atoms with E-state index in [1.54, 1.807) is 54.6 Å². The van der Waals surface area contributed by atoms with E-state index < -0.39 is 24.1 Å². The van der Waals surface area contributed by atoms with Gasteiger partial charge in [-0.1, -0.05) is 60.7 Å². The van der Waals surface area contributed by atoms with Crippen LogP contribution < -0.4 is 0 Å². The maximum Gasteiger partial charge on any atom is 0.411 e. The third kappa shape index (κ3) is 6.47. The lowest BCUT2D eigenvalue weighted by atomic mass is 10.1. The molecule has 0 aliphatic heterocycles. The Morgan fingerprint density at radius 2 is 1.44 bits per heavy atom. The molecule has 0 saturated heterocycles. The summed E-state index contributed by atoms with van der Waals surface area (Å²) in [6.45, 7) is 0.00127. The Kier molecular flexibility index (Phi) is 7.37. The molecule has 2 N–H and O–H groups in total. The van der Waals surface area contributed by atoms with Crippen molar-refractivity contribution >= 4 is 18.0 Å². The van der Waals surface area contributed by atoms with Crippen LogP contribution in [0.2, 0.25) is 0 Å². The van der Waals surface area contributed by atoms with Crippen molar-refractivity contribution in [3.63, 3.8) is 0 Å². The quantitative estimate of drug-likeness (QED) is 0.702. The Hall–Kier alpha value is -3.35. The van der Waals surface area contributed by atoms with Crippen molar-refractivity contribution in [1.29, 1.82) is 0 Å². The summed E-state index contributed by atoms with van der Waals surface area (Å²) in [6, 6.07) is 16.6. The van der Waals surface area contributed by atoms with Gasteiger partial charge in [0.25, 0.3) is 0 Å². The van der Waals surface area contributed by atoms with Crippen LogP contribution in [0.1, 0.15) is 24.0 Å². The SMILES string of the molecule is O=C(O)CCC(C(=O)O)N(Cc1ccccc1)C(=O)OCc1ccccc1. The lowest BCUT2D eigenvalue weighted by Crippen LogP contribution is -2.45. The summed E-state index contributed by atoms with van der Waals surface area (Å²) in [5.41, 5.74) is 1.48. The molecule has 142 valence electrons. The number of benzene rings is 2. The topological polar surface area (TPSA) is 104 Å². The molecule has 0 heterocycles. The highest BCUT2D eigenvalue weighted by molar-refractivity contribution is 5.80. The molecule has 0 spiro atoms. The molecule has 2 aromatic carbocycles. The number of hydrogen-bond acceptors (Lipinski definition) is 4. The normalized spacial score (nSPS) is 11.4. The first kappa shape index (κ1) is 20.0. The van der Waals surface area contributed by atoms with E-state index in [4.69, 9.17) is 9.84 Å². The van der Waals surface area contributed by atoms with Gasteiger partial charge in [-0.25, -0.2) is 9.59 Å². The Labute approximate surface area is 156 Å². The van der Waals surface area contributed by atoms with Crippen LogP contribution in [-0.2, 0) is 27.5 Å². The molecule has 7 nitrogen and oxygen atoms in total. The van der Waals surface area contributed by atoms with Crippen LogP contribution in [0.5, 0.6) is 0 Å². The van der Waals surface area contributed by atoms with Gasteiger partial charge in [0.05, 0.1) is 0 Å². The van der Waals surface area contributed by atoms with E-state index in [1.807, 2.05) is 6.07 Å². The van der Waals surface area contributed by atoms with Crippen LogP contribution in [0.25, 0.3) is 0 Å². The van der Waals surface area contributed by atoms with E-state index in [1.165, 1.54) is 0 Å². The number of carboxylic acids is 2. The second-order valence-corrected chi connectivity index (χ2v) is 5.94. The molecule has 1 unspecified atom stereocenters. The van der Waals surface area contributed by atoms with E-state index in [0.29, 0.717) is 0 Å². The Bertz CT molecular complexity index is 763. The molecule has 2 rings (SSSR count). The number of carbonyl (C=O) groups excluding carboxylic acids is 1. The van der Waals surface area contributed by atoms with Gasteiger partial charge >= 0.3 is 18.0 Å². The van der Waals surface area contributed by atoms with Gasteiger partial charge in [-0.3, -0.25) is 9.69 Å². The fourth-order valence-corrected chi connectivity index (χ4v) is 2.56. The number of aliphatic carboxylic acids is 2. The second kappa shape index (κ2) is 9.96. The smallest absolute Gasteiger partial charge is 0.411 e. The minimum absolute atomic E-state index is 0.00374. The molecule has 7 heteroatoms. The number of carbonyl (C=O) groups is 3. The maximum atomic E-state index is 12.6. The molecule has 0 aromatic heterocycles. The van der Waals surface area contributed by atoms with Gasteiger partial charge in [0.1, 0.15) is 12.6 Å². The van der Waals surface area contributed by atoms with E-state index >= 15 is 0 Å². The van der Waals surface area contributed by atoms with Crippen molar-refractivity contribution in [3.8, 4) is 0 Å². The maximum absolute atomic E-state index is 12.6. The fourth-order valence-electron chi connectivity index (χ4n) is 2.56. The van der Waals surface area contributed by atoms with Crippen LogP contribution in [0, 0.1) is 0 Å². The summed E-state index contributed by atoms with van der Waals surface area (Å²) in [6.07, 6.45) is -1.38. The fraction of sp³-hybridized carbons (Fsp3) is 0.250. The lowest BCUT2D eigenvalue weighted by Gasteiger charge is -2.28. The zero-order chi connectivity index (χ0) is 19.6. The number of nitrogens with zero attached hydrogens (tertiary/aromatic N) is 1. The van der Waals surface area contributed by atoms with E-state index in [9.17, 15) is 19.5 Å². The molecule has 2 aromatic rings. The van der Waals surface area contributed by atoms with Crippen LogP contribution >= 0.6 is 0 Å². The summed E-state index contributed by atoms with van der Waals surface area (Å²) in [4.78, 5) is 36.2. The van der Waals surface area contributed by atoms with Gasteiger partial charge < -0.3 is 14.9 Å². The largest absolute Gasteiger partial charge is 0.481 e. The zero-order valence-electron chi connectivity index (χ0n) is 14.7. The van der Waals surface area contributed by atoms with Crippen molar-refractivity contribution < 1.29 is 29.3 Å². The second-order valence-electron chi connectivity index (χ2n) is 5.94. The molecule has 0 radical (unpaired) electrons. The Balaban J connectivity index is 2.17. The van der Waals surface area contributed by atoms with Crippen molar-refractivity contribution in [2.24, 2.45) is 0 Å². The Morgan fingerprint density at radius 3 is 1.96 bits per heavy atom. The van der Waals surface area contributed by atoms with Gasteiger partial charge in [0, 0.05) is 13.0 Å². The molecule has 0 bridgehead atoms. The molecule has 1 amide bonds. The highest BCUT2D eigenvalue weighted by Gasteiger charge is 2.31. The van der Waals surface area contributed by atoms with Crippen molar-refractivity contribution in [3.05, 3.63) is 71.8 Å². The standard InChI is InChI=1S/C20H21NO6/c22-18(23)12-11-17(19(24)25)21(13-15-7-3-1-4-8-15)20(26)27-14-16-9-5-2-6-10-16/h1-10,17H,11-14H2,(H,22,23)(H,24,25). The minimum atomic E-state index is -1.30. The highest BCUT2D eigenvalue weighted by atomic mass is 16.6. The summed E-state index contributed by atoms with van der Waals surface area (Å²) < 4.78 is 5.28. The lowest BCUT2D eigenvalue weighted by molar-refractivity contribution is -0.144. The summed E-state index contributed by atoms with van der Waals surface area (Å²) in [7, 11) is 0. The van der Waals surface area contributed by atoms with Crippen LogP contribution in [0.15, 0.2) is 60.7 Å². The van der Waals surface area contributed by atoms with E-state index in [2.05, 4.69) is 0 Å². The summed E-state index contributed by atoms with van der Waals surface area (Å²) >= 11 is 0. The third-order valence-electron chi connectivity index (χ3n) is 3.93. The van der Waals surface area contributed by atoms with Crippen molar-refractivity contribution in [2.45, 2.75) is 32.0 Å². The van der Waals surface area contributed by atoms with Gasteiger partial charge in [0.15, 0.2) is 0 Å². The average molecular weight is 371 g/mol. The van der Waals surface area contributed by atoms with Crippen molar-refractivity contribution in [2.75, 3.05) is 0 Å². The molecule has 27 heavy (non-hydrogen) atoms. The van der Waals surface area contributed by atoms with E-state index in [-0.39, 0.29) is 26.0 Å². The first-order chi connectivity index (χ1) is 13.0. The number of rotatable bonds is 9. The predicted octanol–water partition coefficient (Wildman–Crippen LogP) is 3.14. The first-order valence-corrected chi connectivity index (χ1v) is 8.43.